The molecule has 1 atom stereocenters. The van der Waals surface area contributed by atoms with Gasteiger partial charge in [0.2, 0.25) is 0 Å². The molecule has 1 unspecified atom stereocenters. The van der Waals surface area contributed by atoms with Crippen molar-refractivity contribution in [1.29, 1.82) is 0 Å². The van der Waals surface area contributed by atoms with Crippen LogP contribution in [0.4, 0.5) is 0 Å². The van der Waals surface area contributed by atoms with Gasteiger partial charge in [0.1, 0.15) is 0 Å². The van der Waals surface area contributed by atoms with Crippen LogP contribution in [0, 0.1) is 0 Å². The summed E-state index contributed by atoms with van der Waals surface area (Å²) in [5, 5.41) is 6.69. The van der Waals surface area contributed by atoms with E-state index < -0.39 is 0 Å². The summed E-state index contributed by atoms with van der Waals surface area (Å²) < 4.78 is 0. The Hall–Kier alpha value is -0.900. The Morgan fingerprint density at radius 2 is 1.72 bits per heavy atom. The van der Waals surface area contributed by atoms with Gasteiger partial charge in [-0.15, -0.1) is 0 Å². The Kier molecular flexibility index (Phi) is 7.65. The second-order valence-corrected chi connectivity index (χ2v) is 4.77. The van der Waals surface area contributed by atoms with E-state index in [1.807, 2.05) is 0 Å². The van der Waals surface area contributed by atoms with Crippen LogP contribution in [-0.4, -0.2) is 26.2 Å². The lowest BCUT2D eigenvalue weighted by molar-refractivity contribution is 0.614. The van der Waals surface area contributed by atoms with Crippen LogP contribution in [0.15, 0.2) is 24.3 Å². The smallest absolute Gasteiger partial charge is 0.0206 e. The minimum atomic E-state index is 0.660. The molecular weight excluding hydrogens is 222 g/mol. The molecule has 0 bridgehead atoms. The van der Waals surface area contributed by atoms with E-state index in [2.05, 4.69) is 48.7 Å². The molecule has 18 heavy (non-hydrogen) atoms. The van der Waals surface area contributed by atoms with Crippen LogP contribution in [0.25, 0.3) is 0 Å². The highest BCUT2D eigenvalue weighted by Crippen LogP contribution is 2.18. The average Bonchev–Trinajstić information content (AvgIpc) is 2.42. The Labute approximate surface area is 111 Å². The van der Waals surface area contributed by atoms with Crippen molar-refractivity contribution in [1.82, 2.24) is 10.6 Å². The fourth-order valence-electron chi connectivity index (χ4n) is 1.84. The zero-order chi connectivity index (χ0) is 13.2. The van der Waals surface area contributed by atoms with Gasteiger partial charge in [-0.25, -0.2) is 0 Å². The van der Waals surface area contributed by atoms with Crippen molar-refractivity contribution in [2.45, 2.75) is 32.7 Å². The van der Waals surface area contributed by atoms with Gasteiger partial charge in [0.05, 0.1) is 0 Å². The monoisotopic (exact) mass is 249 g/mol. The Balaban J connectivity index is 2.22. The van der Waals surface area contributed by atoms with E-state index in [1.54, 1.807) is 0 Å². The Morgan fingerprint density at radius 3 is 2.33 bits per heavy atom. The molecule has 0 aromatic heterocycles. The summed E-state index contributed by atoms with van der Waals surface area (Å²) in [7, 11) is 0. The van der Waals surface area contributed by atoms with Gasteiger partial charge in [-0.1, -0.05) is 38.1 Å². The summed E-state index contributed by atoms with van der Waals surface area (Å²) in [6.07, 6.45) is 1.20. The van der Waals surface area contributed by atoms with Crippen molar-refractivity contribution < 1.29 is 0 Å². The van der Waals surface area contributed by atoms with Crippen molar-refractivity contribution in [3.8, 4) is 0 Å². The fraction of sp³-hybridized carbons (Fsp3) is 0.600. The van der Waals surface area contributed by atoms with Gasteiger partial charge in [0.25, 0.3) is 0 Å². The first-order valence-corrected chi connectivity index (χ1v) is 6.98. The molecule has 0 saturated carbocycles. The second kappa shape index (κ2) is 9.09. The maximum atomic E-state index is 5.40. The molecule has 0 amide bonds. The van der Waals surface area contributed by atoms with Gasteiger partial charge >= 0.3 is 0 Å². The minimum absolute atomic E-state index is 0.660. The Bertz CT molecular complexity index is 308. The fourth-order valence-corrected chi connectivity index (χ4v) is 1.84. The van der Waals surface area contributed by atoms with Crippen LogP contribution in [0.2, 0.25) is 0 Å². The normalized spacial score (nSPS) is 12.6. The van der Waals surface area contributed by atoms with Crippen LogP contribution in [-0.2, 0) is 6.54 Å². The number of nitrogens with one attached hydrogen (secondary N) is 2. The van der Waals surface area contributed by atoms with E-state index in [1.165, 1.54) is 17.5 Å². The van der Waals surface area contributed by atoms with E-state index in [4.69, 9.17) is 5.73 Å². The lowest BCUT2D eigenvalue weighted by atomic mass is 9.98. The molecule has 1 rings (SSSR count). The van der Waals surface area contributed by atoms with E-state index in [0.717, 1.165) is 26.2 Å². The molecule has 102 valence electrons. The number of benzene rings is 1. The van der Waals surface area contributed by atoms with Crippen LogP contribution < -0.4 is 16.4 Å². The van der Waals surface area contributed by atoms with Crippen LogP contribution in [0.1, 0.15) is 37.3 Å². The van der Waals surface area contributed by atoms with Gasteiger partial charge in [-0.05, 0) is 23.5 Å². The van der Waals surface area contributed by atoms with Crippen molar-refractivity contribution >= 4 is 0 Å². The first-order chi connectivity index (χ1) is 8.77. The van der Waals surface area contributed by atoms with E-state index >= 15 is 0 Å². The molecule has 4 N–H and O–H groups in total. The molecule has 0 saturated heterocycles. The third kappa shape index (κ3) is 5.63. The Morgan fingerprint density at radius 1 is 1.06 bits per heavy atom. The van der Waals surface area contributed by atoms with E-state index in [0.29, 0.717) is 12.5 Å². The summed E-state index contributed by atoms with van der Waals surface area (Å²) >= 11 is 0. The van der Waals surface area contributed by atoms with Gasteiger partial charge in [0, 0.05) is 32.7 Å². The van der Waals surface area contributed by atoms with Crippen molar-refractivity contribution in [3.63, 3.8) is 0 Å². The van der Waals surface area contributed by atoms with Crippen molar-refractivity contribution in [2.75, 3.05) is 26.2 Å². The first kappa shape index (κ1) is 15.2. The molecule has 0 aliphatic heterocycles. The van der Waals surface area contributed by atoms with Crippen LogP contribution in [0.5, 0.6) is 0 Å². The highest BCUT2D eigenvalue weighted by atomic mass is 14.9. The summed E-state index contributed by atoms with van der Waals surface area (Å²) in [6, 6.07) is 8.94. The largest absolute Gasteiger partial charge is 0.329 e. The predicted octanol–water partition coefficient (Wildman–Crippen LogP) is 1.84. The number of nitrogens with two attached hydrogens (primary N) is 1. The summed E-state index contributed by atoms with van der Waals surface area (Å²) in [5.41, 5.74) is 8.19. The molecule has 0 radical (unpaired) electrons. The zero-order valence-corrected chi connectivity index (χ0v) is 11.7. The summed E-state index contributed by atoms with van der Waals surface area (Å²) in [6.45, 7) is 8.99. The topological polar surface area (TPSA) is 50.1 Å². The number of rotatable bonds is 9. The first-order valence-electron chi connectivity index (χ1n) is 6.98. The third-order valence-electron chi connectivity index (χ3n) is 3.29. The molecular formula is C15H27N3. The van der Waals surface area contributed by atoms with Gasteiger partial charge < -0.3 is 16.4 Å². The molecule has 3 heteroatoms. The maximum Gasteiger partial charge on any atom is 0.0206 e. The summed E-state index contributed by atoms with van der Waals surface area (Å²) in [5.74, 6) is 0.660. The molecule has 0 aliphatic rings. The van der Waals surface area contributed by atoms with Crippen molar-refractivity contribution in [3.05, 3.63) is 35.4 Å². The maximum absolute atomic E-state index is 5.40. The highest BCUT2D eigenvalue weighted by Gasteiger charge is 2.01. The van der Waals surface area contributed by atoms with Crippen molar-refractivity contribution in [2.24, 2.45) is 5.73 Å². The van der Waals surface area contributed by atoms with Crippen LogP contribution >= 0.6 is 0 Å². The SMILES string of the molecule is CCC(C)c1ccc(CNCCNCCN)cc1. The average molecular weight is 249 g/mol. The molecule has 1 aromatic rings. The molecule has 0 aliphatic carbocycles. The molecule has 3 nitrogen and oxygen atoms in total. The van der Waals surface area contributed by atoms with Gasteiger partial charge in [-0.2, -0.15) is 0 Å². The lowest BCUT2D eigenvalue weighted by Crippen LogP contribution is -2.30. The lowest BCUT2D eigenvalue weighted by Gasteiger charge is -2.10. The zero-order valence-electron chi connectivity index (χ0n) is 11.7. The summed E-state index contributed by atoms with van der Waals surface area (Å²) in [4.78, 5) is 0. The quantitative estimate of drug-likeness (QED) is 0.585. The molecule has 0 spiro atoms. The van der Waals surface area contributed by atoms with E-state index in [9.17, 15) is 0 Å². The standard InChI is InChI=1S/C15H27N3/c1-3-13(2)15-6-4-14(5-7-15)12-18-11-10-17-9-8-16/h4-7,13,17-18H,3,8-12,16H2,1-2H3. The van der Waals surface area contributed by atoms with E-state index in [-0.39, 0.29) is 0 Å². The van der Waals surface area contributed by atoms with Gasteiger partial charge in [-0.3, -0.25) is 0 Å². The molecule has 0 fully saturated rings. The minimum Gasteiger partial charge on any atom is -0.329 e. The third-order valence-corrected chi connectivity index (χ3v) is 3.29. The second-order valence-electron chi connectivity index (χ2n) is 4.77. The van der Waals surface area contributed by atoms with Gasteiger partial charge in [0.15, 0.2) is 0 Å². The highest BCUT2D eigenvalue weighted by molar-refractivity contribution is 5.24. The number of hydrogen-bond acceptors (Lipinski definition) is 3. The molecule has 0 heterocycles. The number of hydrogen-bond donors (Lipinski definition) is 3. The predicted molar refractivity (Wildman–Crippen MR) is 78.8 cm³/mol. The van der Waals surface area contributed by atoms with Crippen LogP contribution in [0.3, 0.4) is 0 Å². The molecule has 1 aromatic carbocycles.